The Morgan fingerprint density at radius 2 is 1.84 bits per heavy atom. The van der Waals surface area contributed by atoms with E-state index >= 15 is 4.39 Å². The summed E-state index contributed by atoms with van der Waals surface area (Å²) in [5.41, 5.74) is 0.986. The average Bonchev–Trinajstić information content (AvgIpc) is 2.73. The SMILES string of the molecule is C[C@@H]1CN(S(=O)(=O)N(C)C)C[C@H](C)N1Cc1cccc(NC(=O)Nc2cccnc2)c1F. The molecule has 2 heterocycles. The summed E-state index contributed by atoms with van der Waals surface area (Å²) >= 11 is 0. The van der Waals surface area contributed by atoms with Crippen molar-refractivity contribution in [3.8, 4) is 0 Å². The van der Waals surface area contributed by atoms with Crippen molar-refractivity contribution in [2.75, 3.05) is 37.8 Å². The molecule has 0 unspecified atom stereocenters. The van der Waals surface area contributed by atoms with E-state index in [1.165, 1.54) is 35.0 Å². The van der Waals surface area contributed by atoms with Gasteiger partial charge in [-0.25, -0.2) is 9.18 Å². The Morgan fingerprint density at radius 3 is 2.44 bits per heavy atom. The smallest absolute Gasteiger partial charge is 0.306 e. The summed E-state index contributed by atoms with van der Waals surface area (Å²) in [6.07, 6.45) is 3.08. The lowest BCUT2D eigenvalue weighted by atomic mass is 10.1. The Morgan fingerprint density at radius 1 is 1.16 bits per heavy atom. The summed E-state index contributed by atoms with van der Waals surface area (Å²) in [6, 6.07) is 7.41. The average molecular weight is 465 g/mol. The number of halogens is 1. The molecule has 3 rings (SSSR count). The number of hydrogen-bond donors (Lipinski definition) is 2. The van der Waals surface area contributed by atoms with Crippen molar-refractivity contribution in [3.05, 3.63) is 54.1 Å². The van der Waals surface area contributed by atoms with Crippen molar-refractivity contribution >= 4 is 27.6 Å². The van der Waals surface area contributed by atoms with Crippen molar-refractivity contribution in [2.45, 2.75) is 32.5 Å². The Hall–Kier alpha value is -2.60. The number of urea groups is 1. The summed E-state index contributed by atoms with van der Waals surface area (Å²) in [4.78, 5) is 18.2. The van der Waals surface area contributed by atoms with E-state index in [4.69, 9.17) is 0 Å². The molecule has 11 heteroatoms. The molecule has 1 saturated heterocycles. The number of anilines is 2. The van der Waals surface area contributed by atoms with Gasteiger partial charge < -0.3 is 10.6 Å². The first-order valence-corrected chi connectivity index (χ1v) is 11.7. The third kappa shape index (κ3) is 5.41. The van der Waals surface area contributed by atoms with Crippen molar-refractivity contribution in [3.63, 3.8) is 0 Å². The standard InChI is InChI=1S/C21H29FN6O3S/c1-15-12-27(32(30,31)26(3)4)13-16(2)28(15)14-17-7-5-9-19(20(17)22)25-21(29)24-18-8-6-10-23-11-18/h5-11,15-16H,12-14H2,1-4H3,(H2,24,25,29)/t15-,16+. The highest BCUT2D eigenvalue weighted by Gasteiger charge is 2.36. The van der Waals surface area contributed by atoms with E-state index < -0.39 is 22.1 Å². The fraction of sp³-hybridized carbons (Fsp3) is 0.429. The fourth-order valence-electron chi connectivity index (χ4n) is 3.76. The van der Waals surface area contributed by atoms with Crippen LogP contribution in [-0.4, -0.2) is 72.2 Å². The van der Waals surface area contributed by atoms with Gasteiger partial charge in [0.2, 0.25) is 0 Å². The van der Waals surface area contributed by atoms with Gasteiger partial charge in [0.1, 0.15) is 0 Å². The van der Waals surface area contributed by atoms with Gasteiger partial charge in [-0.1, -0.05) is 12.1 Å². The normalized spacial score (nSPS) is 20.3. The molecule has 0 saturated carbocycles. The summed E-state index contributed by atoms with van der Waals surface area (Å²) in [6.45, 7) is 4.78. The van der Waals surface area contributed by atoms with Crippen molar-refractivity contribution in [2.24, 2.45) is 0 Å². The molecule has 1 aliphatic heterocycles. The van der Waals surface area contributed by atoms with E-state index in [0.29, 0.717) is 30.9 Å². The van der Waals surface area contributed by atoms with Crippen LogP contribution in [0.25, 0.3) is 0 Å². The largest absolute Gasteiger partial charge is 0.323 e. The van der Waals surface area contributed by atoms with Gasteiger partial charge in [0.25, 0.3) is 10.2 Å². The van der Waals surface area contributed by atoms with E-state index in [9.17, 15) is 13.2 Å². The predicted molar refractivity (Wildman–Crippen MR) is 122 cm³/mol. The Bertz CT molecular complexity index is 1040. The highest BCUT2D eigenvalue weighted by Crippen LogP contribution is 2.25. The molecule has 2 aromatic rings. The van der Waals surface area contributed by atoms with E-state index in [0.717, 1.165) is 0 Å². The van der Waals surface area contributed by atoms with Crippen molar-refractivity contribution < 1.29 is 17.6 Å². The lowest BCUT2D eigenvalue weighted by molar-refractivity contribution is 0.0668. The number of aromatic nitrogens is 1. The summed E-state index contributed by atoms with van der Waals surface area (Å²) in [7, 11) is -0.491. The third-order valence-electron chi connectivity index (χ3n) is 5.45. The summed E-state index contributed by atoms with van der Waals surface area (Å²) in [5.74, 6) is -0.517. The fourth-order valence-corrected chi connectivity index (χ4v) is 5.03. The van der Waals surface area contributed by atoms with Crippen LogP contribution >= 0.6 is 0 Å². The number of rotatable bonds is 6. The molecule has 0 spiro atoms. The van der Waals surface area contributed by atoms with Crippen LogP contribution in [0.2, 0.25) is 0 Å². The molecule has 0 radical (unpaired) electrons. The zero-order valence-electron chi connectivity index (χ0n) is 18.6. The minimum Gasteiger partial charge on any atom is -0.306 e. The van der Waals surface area contributed by atoms with Crippen LogP contribution in [0, 0.1) is 5.82 Å². The van der Waals surface area contributed by atoms with Crippen LogP contribution in [-0.2, 0) is 16.8 Å². The second-order valence-electron chi connectivity index (χ2n) is 8.08. The number of benzene rings is 1. The highest BCUT2D eigenvalue weighted by atomic mass is 32.2. The number of nitrogens with zero attached hydrogens (tertiary/aromatic N) is 4. The lowest BCUT2D eigenvalue weighted by Gasteiger charge is -2.44. The first-order valence-electron chi connectivity index (χ1n) is 10.3. The summed E-state index contributed by atoms with van der Waals surface area (Å²) < 4.78 is 42.8. The second kappa shape index (κ2) is 9.90. The number of carbonyl (C=O) groups is 1. The van der Waals surface area contributed by atoms with Gasteiger partial charge in [0.15, 0.2) is 5.82 Å². The number of amides is 2. The minimum absolute atomic E-state index is 0.0676. The molecule has 0 aliphatic carbocycles. The van der Waals surface area contributed by atoms with Gasteiger partial charge in [-0.2, -0.15) is 17.0 Å². The number of carbonyl (C=O) groups excluding carboxylic acids is 1. The van der Waals surface area contributed by atoms with Gasteiger partial charge in [0.05, 0.1) is 17.6 Å². The zero-order valence-corrected chi connectivity index (χ0v) is 19.4. The van der Waals surface area contributed by atoms with Crippen molar-refractivity contribution in [1.29, 1.82) is 0 Å². The van der Waals surface area contributed by atoms with Gasteiger partial charge in [-0.3, -0.25) is 9.88 Å². The molecule has 2 atom stereocenters. The zero-order chi connectivity index (χ0) is 23.5. The molecule has 174 valence electrons. The van der Waals surface area contributed by atoms with Crippen LogP contribution in [0.1, 0.15) is 19.4 Å². The third-order valence-corrected chi connectivity index (χ3v) is 7.33. The monoisotopic (exact) mass is 464 g/mol. The van der Waals surface area contributed by atoms with Crippen LogP contribution < -0.4 is 10.6 Å². The summed E-state index contributed by atoms with van der Waals surface area (Å²) in [5, 5.41) is 5.14. The molecule has 1 aromatic carbocycles. The maximum Gasteiger partial charge on any atom is 0.323 e. The van der Waals surface area contributed by atoms with Crippen LogP contribution in [0.4, 0.5) is 20.6 Å². The maximum absolute atomic E-state index is 15.2. The first-order chi connectivity index (χ1) is 15.1. The second-order valence-corrected chi connectivity index (χ2v) is 10.2. The number of hydrogen-bond acceptors (Lipinski definition) is 5. The highest BCUT2D eigenvalue weighted by molar-refractivity contribution is 7.86. The quantitative estimate of drug-likeness (QED) is 0.685. The molecule has 9 nitrogen and oxygen atoms in total. The molecule has 2 N–H and O–H groups in total. The molecule has 32 heavy (non-hydrogen) atoms. The van der Waals surface area contributed by atoms with Crippen LogP contribution in [0.5, 0.6) is 0 Å². The van der Waals surface area contributed by atoms with E-state index in [1.807, 2.05) is 13.8 Å². The molecule has 2 amide bonds. The molecule has 1 aliphatic rings. The Kier molecular flexibility index (Phi) is 7.44. The molecule has 0 bridgehead atoms. The maximum atomic E-state index is 15.2. The van der Waals surface area contributed by atoms with Gasteiger partial charge in [-0.15, -0.1) is 0 Å². The molecule has 1 fully saturated rings. The first kappa shape index (κ1) is 24.1. The van der Waals surface area contributed by atoms with E-state index in [1.54, 1.807) is 30.5 Å². The van der Waals surface area contributed by atoms with Gasteiger partial charge >= 0.3 is 6.03 Å². The lowest BCUT2D eigenvalue weighted by Crippen LogP contribution is -2.59. The van der Waals surface area contributed by atoms with Crippen molar-refractivity contribution in [1.82, 2.24) is 18.5 Å². The molecule has 1 aromatic heterocycles. The van der Waals surface area contributed by atoms with E-state index in [2.05, 4.69) is 20.5 Å². The predicted octanol–water partition coefficient (Wildman–Crippen LogP) is 2.57. The van der Waals surface area contributed by atoms with Crippen LogP contribution in [0.15, 0.2) is 42.7 Å². The minimum atomic E-state index is -3.51. The van der Waals surface area contributed by atoms with Gasteiger partial charge in [-0.05, 0) is 32.0 Å². The van der Waals surface area contributed by atoms with E-state index in [-0.39, 0.29) is 17.8 Å². The van der Waals surface area contributed by atoms with Gasteiger partial charge in [0, 0.05) is 57.6 Å². The van der Waals surface area contributed by atoms with Crippen LogP contribution in [0.3, 0.4) is 0 Å². The molecular weight excluding hydrogens is 435 g/mol. The topological polar surface area (TPSA) is 97.9 Å². The molecular formula is C21H29FN6O3S. The Labute approximate surface area is 188 Å². The Balaban J connectivity index is 1.70. The number of piperazine rings is 1. The number of nitrogens with one attached hydrogen (secondary N) is 2. The number of pyridine rings is 1.